The molecule has 0 radical (unpaired) electrons. The lowest BCUT2D eigenvalue weighted by molar-refractivity contribution is -0.135. The lowest BCUT2D eigenvalue weighted by Crippen LogP contribution is -2.34. The number of amides is 3. The second-order valence-corrected chi connectivity index (χ2v) is 28.2. The van der Waals surface area contributed by atoms with Crippen molar-refractivity contribution in [2.45, 2.75) is 276 Å². The van der Waals surface area contributed by atoms with Gasteiger partial charge in [0.25, 0.3) is 5.91 Å². The minimum atomic E-state index is -0.566. The Morgan fingerprint density at radius 3 is 0.750 bits per heavy atom. The van der Waals surface area contributed by atoms with E-state index < -0.39 is 17.9 Å². The summed E-state index contributed by atoms with van der Waals surface area (Å²) in [5.74, 6) is -1.41. The second-order valence-electron chi connectivity index (χ2n) is 28.2. The highest BCUT2D eigenvalue weighted by Crippen LogP contribution is 2.24. The zero-order valence-electron chi connectivity index (χ0n) is 74.5. The first-order valence-corrected chi connectivity index (χ1v) is 44.7. The molecule has 2 aromatic carbocycles. The third-order valence-corrected chi connectivity index (χ3v) is 17.3. The van der Waals surface area contributed by atoms with Crippen LogP contribution in [0.15, 0.2) is 328 Å². The van der Waals surface area contributed by atoms with E-state index in [0.717, 1.165) is 165 Å². The van der Waals surface area contributed by atoms with Gasteiger partial charge in [0.15, 0.2) is 0 Å². The van der Waals surface area contributed by atoms with E-state index in [9.17, 15) is 28.8 Å². The first-order chi connectivity index (χ1) is 59.4. The van der Waals surface area contributed by atoms with Crippen molar-refractivity contribution in [3.8, 4) is 11.5 Å². The molecule has 2 aromatic rings. The van der Waals surface area contributed by atoms with Gasteiger partial charge in [0.05, 0.1) is 12.2 Å². The van der Waals surface area contributed by atoms with E-state index in [2.05, 4.69) is 299 Å². The summed E-state index contributed by atoms with van der Waals surface area (Å²) in [6.45, 7) is 13.4. The lowest BCUT2D eigenvalue weighted by atomic mass is 10.1. The lowest BCUT2D eigenvalue weighted by Gasteiger charge is -2.12. The summed E-state index contributed by atoms with van der Waals surface area (Å²) in [6, 6.07) is 10.2. The fraction of sp³-hybridized carbons (Fsp3) is 0.411. The Balaban J connectivity index is -0.00000231. The van der Waals surface area contributed by atoms with Gasteiger partial charge < -0.3 is 30.2 Å². The minimum Gasteiger partial charge on any atom is -0.462 e. The number of carbonyl (C=O) groups excluding carboxylic acids is 6. The van der Waals surface area contributed by atoms with Crippen molar-refractivity contribution in [2.24, 2.45) is 0 Å². The van der Waals surface area contributed by atoms with Gasteiger partial charge in [-0.1, -0.05) is 354 Å². The Bertz CT molecular complexity index is 3870. The Morgan fingerprint density at radius 1 is 0.266 bits per heavy atom. The summed E-state index contributed by atoms with van der Waals surface area (Å²) >= 11 is 0. The Hall–Kier alpha value is -11.0. The van der Waals surface area contributed by atoms with Crippen molar-refractivity contribution in [1.29, 1.82) is 0 Å². The SMILES string of the molecule is C.C.C.CC/C=C\C/C=C\C/C=C\C/C=C\C/C=C\C/C=C\CCC(=O)NCCCOC(=O)c1ccc(C)cc1OC(=O)CC/C=C\C/C=C\C/C=C\C/C=C\C/C=C\C/C=C\CC.CC/C=C\C/C=C\C/C=C\C/C=C\C/C=C\C/C=C\CCC(=O)NCCNC(=O)c1ccc(C)cc1OC(=O)CC/C=C\C/C=C\C/C=C\C/C=C\C/C=C\C/C=C\CC. The van der Waals surface area contributed by atoms with Gasteiger partial charge in [-0.05, 0) is 235 Å². The van der Waals surface area contributed by atoms with Crippen molar-refractivity contribution in [3.63, 3.8) is 0 Å². The summed E-state index contributed by atoms with van der Waals surface area (Å²) in [4.78, 5) is 75.5. The Labute approximate surface area is 753 Å². The number of hydrogen-bond donors (Lipinski definition) is 3. The van der Waals surface area contributed by atoms with E-state index in [4.69, 9.17) is 14.2 Å². The van der Waals surface area contributed by atoms with Gasteiger partial charge in [0, 0.05) is 45.3 Å². The van der Waals surface area contributed by atoms with Crippen LogP contribution in [0.1, 0.15) is 294 Å². The van der Waals surface area contributed by atoms with Gasteiger partial charge >= 0.3 is 17.9 Å². The number of nitrogens with one attached hydrogen (secondary N) is 3. The van der Waals surface area contributed by atoms with Crippen LogP contribution >= 0.6 is 0 Å². The fourth-order valence-corrected chi connectivity index (χ4v) is 10.7. The maximum absolute atomic E-state index is 12.9. The maximum atomic E-state index is 12.9. The second kappa shape index (κ2) is 92.7. The van der Waals surface area contributed by atoms with Crippen LogP contribution in [-0.2, 0) is 23.9 Å². The molecule has 124 heavy (non-hydrogen) atoms. The van der Waals surface area contributed by atoms with Gasteiger partial charge in [-0.15, -0.1) is 0 Å². The molecule has 0 unspecified atom stereocenters. The molecule has 0 spiro atoms. The third kappa shape index (κ3) is 79.5. The largest absolute Gasteiger partial charge is 0.462 e. The summed E-state index contributed by atoms with van der Waals surface area (Å²) < 4.78 is 16.6. The van der Waals surface area contributed by atoms with Gasteiger partial charge in [-0.2, -0.15) is 0 Å². The quantitative estimate of drug-likeness (QED) is 0.0253. The molecule has 0 saturated carbocycles. The number of ether oxygens (including phenoxy) is 3. The van der Waals surface area contributed by atoms with Crippen LogP contribution in [0.25, 0.3) is 0 Å². The van der Waals surface area contributed by atoms with Gasteiger partial charge in [0.1, 0.15) is 17.1 Å². The predicted octanol–water partition coefficient (Wildman–Crippen LogP) is 30.1. The molecule has 12 heteroatoms. The van der Waals surface area contributed by atoms with Crippen LogP contribution in [0.2, 0.25) is 0 Å². The zero-order valence-corrected chi connectivity index (χ0v) is 74.5. The molecule has 12 nitrogen and oxygen atoms in total. The molecular formula is C112H161N3O9. The van der Waals surface area contributed by atoms with Crippen molar-refractivity contribution < 1.29 is 43.0 Å². The average Bonchev–Trinajstić information content (AvgIpc) is 0.848. The zero-order chi connectivity index (χ0) is 87.5. The first-order valence-electron chi connectivity index (χ1n) is 44.7. The van der Waals surface area contributed by atoms with Crippen molar-refractivity contribution in [1.82, 2.24) is 16.0 Å². The molecule has 2 rings (SSSR count). The number of rotatable bonds is 67. The molecule has 0 fully saturated rings. The van der Waals surface area contributed by atoms with Crippen LogP contribution in [0, 0.1) is 13.8 Å². The van der Waals surface area contributed by atoms with Crippen LogP contribution in [-0.4, -0.2) is 61.9 Å². The standard InChI is InChI=1S/C55H75NO5.C54H74N2O4.3CH4/c1-4-6-8-10-12-14-16-18-20-22-24-26-28-30-32-34-36-38-40-43-53(57)56-47-42-48-60-55(59)51-46-45-50(3)49-52(51)61-54(58)44-41-39-37-35-33-31-29-27-25-23-21-19-17-15-13-11-9-7-5-2;1-4-6-8-10-12-14-16-18-20-22-24-26-28-30-32-34-36-38-40-42-52(57)55-46-47-56-54(59)50-45-44-49(3)48-51(50)60-53(58)43-41-39-37-35-33-31-29-27-25-23-21-19-17-15-13-11-9-7-5-2;;;/h6-9,12-15,18-21,24-27,30-33,36-39,45-46,49H,4-5,10-11,16-17,22-23,28-29,34-35,40-44,47-48H2,1-3H3,(H,56,57);6-9,12-15,18-21,24-27,30-33,36-39,44-45,48H,4-5,10-11,16-17,22-23,28-29,34-35,40-43,46-47H2,1-3H3,(H,55,57)(H,56,59);3*1H4/b2*8-6-,9-7-,14-12-,15-13-,20-18-,21-19-,26-24-,27-25-,32-30-,33-31-,38-36-,39-37-;;;. The predicted molar refractivity (Wildman–Crippen MR) is 537 cm³/mol. The Morgan fingerprint density at radius 2 is 0.484 bits per heavy atom. The normalized spacial score (nSPS) is 12.5. The average molecular weight is 1690 g/mol. The highest BCUT2D eigenvalue weighted by atomic mass is 16.6. The van der Waals surface area contributed by atoms with Crippen LogP contribution < -0.4 is 25.4 Å². The molecule has 0 aromatic heterocycles. The van der Waals surface area contributed by atoms with Crippen LogP contribution in [0.3, 0.4) is 0 Å². The Kier molecular flexibility index (Phi) is 87.6. The fourth-order valence-electron chi connectivity index (χ4n) is 10.7. The number of esters is 3. The molecule has 678 valence electrons. The van der Waals surface area contributed by atoms with E-state index in [0.29, 0.717) is 58.0 Å². The van der Waals surface area contributed by atoms with E-state index in [1.165, 1.54) is 0 Å². The van der Waals surface area contributed by atoms with E-state index in [-0.39, 0.29) is 88.6 Å². The molecule has 0 aliphatic rings. The topological polar surface area (TPSA) is 166 Å². The van der Waals surface area contributed by atoms with Gasteiger partial charge in [-0.25, -0.2) is 4.79 Å². The highest BCUT2D eigenvalue weighted by molar-refractivity contribution is 5.98. The highest BCUT2D eigenvalue weighted by Gasteiger charge is 2.18. The maximum Gasteiger partial charge on any atom is 0.341 e. The van der Waals surface area contributed by atoms with Crippen LogP contribution in [0.5, 0.6) is 11.5 Å². The van der Waals surface area contributed by atoms with Crippen molar-refractivity contribution in [3.05, 3.63) is 350 Å². The minimum absolute atomic E-state index is 0. The van der Waals surface area contributed by atoms with E-state index in [1.807, 2.05) is 50.3 Å². The van der Waals surface area contributed by atoms with Crippen molar-refractivity contribution >= 4 is 35.6 Å². The molecule has 0 atom stereocenters. The summed E-state index contributed by atoms with van der Waals surface area (Å²) in [5, 5.41) is 8.54. The van der Waals surface area contributed by atoms with Crippen LogP contribution in [0.4, 0.5) is 0 Å². The van der Waals surface area contributed by atoms with Gasteiger partial charge in [0.2, 0.25) is 11.8 Å². The monoisotopic (exact) mass is 1690 g/mol. The third-order valence-electron chi connectivity index (χ3n) is 17.3. The molecule has 0 aliphatic carbocycles. The smallest absolute Gasteiger partial charge is 0.341 e. The number of allylic oxidation sites excluding steroid dienone is 48. The number of carbonyl (C=O) groups is 6. The van der Waals surface area contributed by atoms with E-state index >= 15 is 0 Å². The molecule has 3 amide bonds. The summed E-state index contributed by atoms with van der Waals surface area (Å²) in [7, 11) is 0. The van der Waals surface area contributed by atoms with Gasteiger partial charge in [-0.3, -0.25) is 24.0 Å². The molecule has 0 aliphatic heterocycles. The molecule has 0 saturated heterocycles. The van der Waals surface area contributed by atoms with Crippen molar-refractivity contribution in [2.75, 3.05) is 26.2 Å². The number of hydrogen-bond acceptors (Lipinski definition) is 9. The molecule has 0 heterocycles. The first kappa shape index (κ1) is 117. The van der Waals surface area contributed by atoms with E-state index in [1.54, 1.807) is 36.4 Å². The molecule has 3 N–H and O–H groups in total. The molecule has 0 bridgehead atoms. The summed E-state index contributed by atoms with van der Waals surface area (Å²) in [5.41, 5.74) is 2.23. The summed E-state index contributed by atoms with van der Waals surface area (Å²) in [6.07, 6.45) is 130. The number of benzene rings is 2. The molecular weight excluding hydrogens is 1530 g/mol. The number of aryl methyl sites for hydroxylation is 2.